The maximum Gasteiger partial charge on any atom is 0.115 e. The van der Waals surface area contributed by atoms with Crippen LogP contribution in [0.25, 0.3) is 0 Å². The Morgan fingerprint density at radius 3 is 2.59 bits per heavy atom. The van der Waals surface area contributed by atoms with Crippen molar-refractivity contribution in [2.75, 3.05) is 32.7 Å². The molecule has 4 aliphatic rings. The highest BCUT2D eigenvalue weighted by molar-refractivity contribution is 5.48. The van der Waals surface area contributed by atoms with Gasteiger partial charge in [0.15, 0.2) is 0 Å². The van der Waals surface area contributed by atoms with E-state index < -0.39 is 5.60 Å². The number of aromatic hydroxyl groups is 1. The molecule has 3 fully saturated rings. The van der Waals surface area contributed by atoms with Crippen LogP contribution in [0.5, 0.6) is 5.75 Å². The van der Waals surface area contributed by atoms with E-state index in [9.17, 15) is 10.2 Å². The zero-order chi connectivity index (χ0) is 21.8. The summed E-state index contributed by atoms with van der Waals surface area (Å²) >= 11 is 0. The molecule has 3 atom stereocenters. The summed E-state index contributed by atoms with van der Waals surface area (Å²) in [5, 5.41) is 22.9. The van der Waals surface area contributed by atoms with Crippen molar-refractivity contribution in [2.45, 2.75) is 62.0 Å². The zero-order valence-electron chi connectivity index (χ0n) is 18.9. The Balaban J connectivity index is 1.31. The summed E-state index contributed by atoms with van der Waals surface area (Å²) in [6.07, 6.45) is 11.1. The van der Waals surface area contributed by atoms with E-state index in [1.807, 2.05) is 24.5 Å². The lowest BCUT2D eigenvalue weighted by Crippen LogP contribution is -2.71. The predicted molar refractivity (Wildman–Crippen MR) is 125 cm³/mol. The molecule has 0 radical (unpaired) electrons. The van der Waals surface area contributed by atoms with E-state index in [-0.39, 0.29) is 11.5 Å². The van der Waals surface area contributed by atoms with Gasteiger partial charge in [0, 0.05) is 43.5 Å². The Bertz CT molecular complexity index is 978. The summed E-state index contributed by atoms with van der Waals surface area (Å²) in [5.74, 6) is 1.16. The van der Waals surface area contributed by atoms with Crippen molar-refractivity contribution in [3.8, 4) is 5.75 Å². The van der Waals surface area contributed by atoms with Crippen LogP contribution in [0, 0.1) is 5.92 Å². The van der Waals surface area contributed by atoms with Gasteiger partial charge in [-0.15, -0.1) is 0 Å². The number of pyridine rings is 1. The first-order valence-electron chi connectivity index (χ1n) is 12.5. The molecule has 170 valence electrons. The second-order valence-electron chi connectivity index (χ2n) is 10.7. The van der Waals surface area contributed by atoms with Gasteiger partial charge >= 0.3 is 0 Å². The molecule has 1 aromatic heterocycles. The van der Waals surface area contributed by atoms with Gasteiger partial charge in [0.25, 0.3) is 0 Å². The fourth-order valence-electron chi connectivity index (χ4n) is 6.97. The van der Waals surface area contributed by atoms with Crippen LogP contribution in [-0.4, -0.2) is 69.4 Å². The third kappa shape index (κ3) is 3.37. The molecule has 2 saturated heterocycles. The minimum Gasteiger partial charge on any atom is -0.508 e. The smallest absolute Gasteiger partial charge is 0.115 e. The van der Waals surface area contributed by atoms with Crippen LogP contribution in [0.4, 0.5) is 0 Å². The van der Waals surface area contributed by atoms with E-state index in [1.54, 1.807) is 0 Å². The number of fused-ring (bicyclic) bond motifs is 1. The van der Waals surface area contributed by atoms with Crippen molar-refractivity contribution in [3.05, 3.63) is 59.4 Å². The topological polar surface area (TPSA) is 59.8 Å². The number of hydrogen-bond acceptors (Lipinski definition) is 5. The van der Waals surface area contributed by atoms with Crippen molar-refractivity contribution >= 4 is 0 Å². The van der Waals surface area contributed by atoms with E-state index in [4.69, 9.17) is 0 Å². The highest BCUT2D eigenvalue weighted by atomic mass is 16.3. The number of phenolic OH excluding ortho intramolecular Hbond substituents is 1. The summed E-state index contributed by atoms with van der Waals surface area (Å²) in [7, 11) is 0. The molecule has 2 aromatic rings. The Labute approximate surface area is 191 Å². The van der Waals surface area contributed by atoms with Gasteiger partial charge in [0.1, 0.15) is 5.75 Å². The molecule has 5 heteroatoms. The average molecular weight is 434 g/mol. The van der Waals surface area contributed by atoms with Gasteiger partial charge in [-0.05, 0) is 105 Å². The number of nitrogens with zero attached hydrogens (tertiary/aromatic N) is 3. The highest BCUT2D eigenvalue weighted by Gasteiger charge is 2.63. The zero-order valence-corrected chi connectivity index (χ0v) is 18.9. The molecule has 2 aliphatic carbocycles. The van der Waals surface area contributed by atoms with Crippen LogP contribution in [0.15, 0.2) is 42.7 Å². The predicted octanol–water partition coefficient (Wildman–Crippen LogP) is 3.14. The van der Waals surface area contributed by atoms with E-state index in [1.165, 1.54) is 29.5 Å². The number of piperidine rings is 1. The minimum atomic E-state index is -0.730. The molecule has 3 unspecified atom stereocenters. The normalized spacial score (nSPS) is 32.7. The molecule has 0 amide bonds. The van der Waals surface area contributed by atoms with Crippen LogP contribution in [0.1, 0.15) is 48.8 Å². The minimum absolute atomic E-state index is 0.189. The number of aliphatic hydroxyl groups is 1. The van der Waals surface area contributed by atoms with Crippen molar-refractivity contribution in [1.82, 2.24) is 14.8 Å². The number of hydrogen-bond donors (Lipinski definition) is 2. The summed E-state index contributed by atoms with van der Waals surface area (Å²) in [6.45, 7) is 5.15. The Kier molecular flexibility index (Phi) is 5.05. The van der Waals surface area contributed by atoms with Crippen LogP contribution >= 0.6 is 0 Å². The maximum absolute atomic E-state index is 12.5. The molecule has 32 heavy (non-hydrogen) atoms. The van der Waals surface area contributed by atoms with Gasteiger partial charge in [0.2, 0.25) is 0 Å². The van der Waals surface area contributed by atoms with Gasteiger partial charge in [-0.2, -0.15) is 0 Å². The van der Waals surface area contributed by atoms with Gasteiger partial charge in [0.05, 0.1) is 5.60 Å². The number of aromatic nitrogens is 1. The lowest BCUT2D eigenvalue weighted by atomic mass is 9.52. The molecule has 2 bridgehead atoms. The summed E-state index contributed by atoms with van der Waals surface area (Å²) < 4.78 is 0. The third-order valence-corrected chi connectivity index (χ3v) is 8.99. The summed E-state index contributed by atoms with van der Waals surface area (Å²) in [4.78, 5) is 9.31. The molecule has 1 aromatic carbocycles. The Morgan fingerprint density at radius 1 is 1.00 bits per heavy atom. The van der Waals surface area contributed by atoms with E-state index in [2.05, 4.69) is 33.0 Å². The fraction of sp³-hybridized carbons (Fsp3) is 0.593. The first-order chi connectivity index (χ1) is 15.6. The first-order valence-corrected chi connectivity index (χ1v) is 12.5. The van der Waals surface area contributed by atoms with Gasteiger partial charge in [-0.25, -0.2) is 0 Å². The van der Waals surface area contributed by atoms with Crippen molar-refractivity contribution in [2.24, 2.45) is 5.92 Å². The molecule has 2 aliphatic heterocycles. The monoisotopic (exact) mass is 433 g/mol. The van der Waals surface area contributed by atoms with E-state index in [0.29, 0.717) is 5.75 Å². The quantitative estimate of drug-likeness (QED) is 0.759. The summed E-state index contributed by atoms with van der Waals surface area (Å²) in [5.41, 5.74) is 2.90. The second-order valence-corrected chi connectivity index (χ2v) is 10.7. The van der Waals surface area contributed by atoms with Crippen LogP contribution in [0.2, 0.25) is 0 Å². The van der Waals surface area contributed by atoms with Crippen molar-refractivity contribution in [3.63, 3.8) is 0 Å². The lowest BCUT2D eigenvalue weighted by molar-refractivity contribution is -0.149. The SMILES string of the molecule is Oc1ccc2c(c1)C13CCN(CCc4ccncc4)CCC1(O)C(C2)N(CC1CC1)CC3. The number of rotatable bonds is 5. The molecule has 2 N–H and O–H groups in total. The van der Waals surface area contributed by atoms with E-state index >= 15 is 0 Å². The van der Waals surface area contributed by atoms with Crippen molar-refractivity contribution < 1.29 is 10.2 Å². The standard InChI is InChI=1S/C27H35N3O2/c31-23-4-3-22-17-25-27(32)10-15-29(13-7-20-5-11-28-12-6-20)14-8-26(27,24(22)18-23)9-16-30(25)19-21-1-2-21/h3-6,11-12,18,21,25,31-32H,1-2,7-10,13-17,19H2. The number of benzene rings is 1. The molecule has 1 saturated carbocycles. The molecular formula is C27H35N3O2. The maximum atomic E-state index is 12.5. The van der Waals surface area contributed by atoms with Crippen LogP contribution in [0.3, 0.4) is 0 Å². The largest absolute Gasteiger partial charge is 0.508 e. The van der Waals surface area contributed by atoms with Crippen LogP contribution in [-0.2, 0) is 18.3 Å². The lowest BCUT2D eigenvalue weighted by Gasteiger charge is -2.61. The van der Waals surface area contributed by atoms with Gasteiger partial charge < -0.3 is 15.1 Å². The molecule has 6 rings (SSSR count). The average Bonchev–Trinajstić information content (AvgIpc) is 3.63. The van der Waals surface area contributed by atoms with E-state index in [0.717, 1.165) is 70.7 Å². The summed E-state index contributed by atoms with van der Waals surface area (Å²) in [6, 6.07) is 10.3. The fourth-order valence-corrected chi connectivity index (χ4v) is 6.97. The number of likely N-dealkylation sites (tertiary alicyclic amines) is 2. The van der Waals surface area contributed by atoms with Crippen LogP contribution < -0.4 is 0 Å². The van der Waals surface area contributed by atoms with Crippen molar-refractivity contribution in [1.29, 1.82) is 0 Å². The first kappa shape index (κ1) is 20.6. The Morgan fingerprint density at radius 2 is 1.78 bits per heavy atom. The second kappa shape index (κ2) is 7.82. The molecule has 5 nitrogen and oxygen atoms in total. The highest BCUT2D eigenvalue weighted by Crippen LogP contribution is 2.56. The molecular weight excluding hydrogens is 398 g/mol. The third-order valence-electron chi connectivity index (χ3n) is 8.99. The Hall–Kier alpha value is -1.95. The molecule has 3 heterocycles. The molecule has 0 spiro atoms. The number of phenols is 1. The van der Waals surface area contributed by atoms with Gasteiger partial charge in [-0.3, -0.25) is 9.88 Å². The van der Waals surface area contributed by atoms with Gasteiger partial charge in [-0.1, -0.05) is 6.07 Å².